The Morgan fingerprint density at radius 2 is 1.43 bits per heavy atom. The number of hydrogen-bond acceptors (Lipinski definition) is 8. The summed E-state index contributed by atoms with van der Waals surface area (Å²) in [7, 11) is 1.20. The normalized spacial score (nSPS) is 14.2. The van der Waals surface area contributed by atoms with Crippen molar-refractivity contribution in [3.05, 3.63) is 89.5 Å². The number of methoxy groups -OCH3 is 1. The molecule has 40 heavy (non-hydrogen) atoms. The van der Waals surface area contributed by atoms with Gasteiger partial charge in [0.2, 0.25) is 0 Å². The Balaban J connectivity index is 1.36. The Hall–Kier alpha value is -4.74. The van der Waals surface area contributed by atoms with Crippen molar-refractivity contribution in [3.8, 4) is 11.1 Å². The van der Waals surface area contributed by atoms with Gasteiger partial charge in [-0.25, -0.2) is 14.4 Å². The average molecular weight is 549 g/mol. The largest absolute Gasteiger partial charge is 0.479 e. The van der Waals surface area contributed by atoms with Gasteiger partial charge in [0.05, 0.1) is 7.11 Å². The summed E-state index contributed by atoms with van der Waals surface area (Å²) >= 11 is 0. The molecule has 0 aromatic heterocycles. The third kappa shape index (κ3) is 6.28. The Bertz CT molecular complexity index is 1360. The molecule has 0 bridgehead atoms. The average Bonchev–Trinajstić information content (AvgIpc) is 3.28. The van der Waals surface area contributed by atoms with E-state index in [4.69, 9.17) is 14.6 Å². The molecule has 0 heterocycles. The van der Waals surface area contributed by atoms with Gasteiger partial charge >= 0.3 is 18.0 Å². The van der Waals surface area contributed by atoms with E-state index < -0.39 is 42.2 Å². The molecule has 0 saturated carbocycles. The Morgan fingerprint density at radius 1 is 0.850 bits per heavy atom. The van der Waals surface area contributed by atoms with Crippen molar-refractivity contribution >= 4 is 29.6 Å². The number of benzene rings is 3. The molecule has 1 aliphatic rings. The molecule has 3 aromatic carbocycles. The second-order valence-electron chi connectivity index (χ2n) is 9.16. The first-order chi connectivity index (χ1) is 19.2. The number of carbonyl (C=O) groups excluding carboxylic acids is 3. The molecular weight excluding hydrogens is 520 g/mol. The van der Waals surface area contributed by atoms with Crippen molar-refractivity contribution in [1.82, 2.24) is 5.32 Å². The van der Waals surface area contributed by atoms with E-state index in [1.165, 1.54) is 19.2 Å². The first-order valence-electron chi connectivity index (χ1n) is 12.4. The minimum Gasteiger partial charge on any atom is -0.479 e. The van der Waals surface area contributed by atoms with E-state index in [0.717, 1.165) is 22.3 Å². The maximum Gasteiger partial charge on any atom is 0.407 e. The molecule has 0 aliphatic heterocycles. The van der Waals surface area contributed by atoms with Gasteiger partial charge in [0, 0.05) is 18.0 Å². The number of ether oxygens (including phenoxy) is 2. The second kappa shape index (κ2) is 12.4. The maximum absolute atomic E-state index is 12.7. The fourth-order valence-corrected chi connectivity index (χ4v) is 4.57. The number of esters is 1. The molecule has 5 N–H and O–H groups in total. The quantitative estimate of drug-likeness (QED) is 0.238. The van der Waals surface area contributed by atoms with Crippen LogP contribution in [0.3, 0.4) is 0 Å². The maximum atomic E-state index is 12.7. The first-order valence-corrected chi connectivity index (χ1v) is 12.4. The number of anilines is 1. The van der Waals surface area contributed by atoms with Crippen LogP contribution in [0.2, 0.25) is 0 Å². The molecule has 11 nitrogen and oxygen atoms in total. The van der Waals surface area contributed by atoms with E-state index in [0.29, 0.717) is 5.56 Å². The Morgan fingerprint density at radius 3 is 1.98 bits per heavy atom. The summed E-state index contributed by atoms with van der Waals surface area (Å²) in [6, 6.07) is 20.8. The number of aliphatic hydroxyl groups is 2. The highest BCUT2D eigenvalue weighted by molar-refractivity contribution is 5.97. The van der Waals surface area contributed by atoms with Gasteiger partial charge in [-0.1, -0.05) is 60.7 Å². The lowest BCUT2D eigenvalue weighted by Gasteiger charge is -2.19. The zero-order valence-electron chi connectivity index (χ0n) is 21.4. The first kappa shape index (κ1) is 28.3. The van der Waals surface area contributed by atoms with Crippen LogP contribution in [-0.4, -0.2) is 71.2 Å². The van der Waals surface area contributed by atoms with Gasteiger partial charge in [0.25, 0.3) is 5.91 Å². The van der Waals surface area contributed by atoms with Crippen LogP contribution in [0.5, 0.6) is 0 Å². The molecule has 0 radical (unpaired) electrons. The minimum atomic E-state index is -2.27. The van der Waals surface area contributed by atoms with Gasteiger partial charge in [-0.2, -0.15) is 0 Å². The van der Waals surface area contributed by atoms with E-state index in [2.05, 4.69) is 10.6 Å². The highest BCUT2D eigenvalue weighted by atomic mass is 16.6. The van der Waals surface area contributed by atoms with Crippen LogP contribution < -0.4 is 10.6 Å². The molecule has 208 valence electrons. The van der Waals surface area contributed by atoms with Crippen molar-refractivity contribution < 1.29 is 44.0 Å². The Kier molecular flexibility index (Phi) is 8.77. The summed E-state index contributed by atoms with van der Waals surface area (Å²) < 4.78 is 10.4. The number of carboxylic acids is 1. The van der Waals surface area contributed by atoms with Gasteiger partial charge in [-0.05, 0) is 39.9 Å². The smallest absolute Gasteiger partial charge is 0.407 e. The van der Waals surface area contributed by atoms with Crippen molar-refractivity contribution in [2.75, 3.05) is 19.0 Å². The van der Waals surface area contributed by atoms with Gasteiger partial charge < -0.3 is 35.4 Å². The number of carbonyl (C=O) groups is 4. The van der Waals surface area contributed by atoms with Crippen LogP contribution in [0, 0.1) is 0 Å². The molecule has 1 aliphatic carbocycles. The third-order valence-corrected chi connectivity index (χ3v) is 6.60. The van der Waals surface area contributed by atoms with Gasteiger partial charge in [0.1, 0.15) is 12.6 Å². The highest BCUT2D eigenvalue weighted by Gasteiger charge is 2.31. The van der Waals surface area contributed by atoms with E-state index in [-0.39, 0.29) is 24.6 Å². The molecule has 0 fully saturated rings. The fourth-order valence-electron chi connectivity index (χ4n) is 4.57. The van der Waals surface area contributed by atoms with Crippen LogP contribution in [0.4, 0.5) is 10.5 Å². The van der Waals surface area contributed by atoms with Crippen LogP contribution in [0.25, 0.3) is 11.1 Å². The number of amides is 2. The summed E-state index contributed by atoms with van der Waals surface area (Å²) in [5.74, 6) is -3.67. The zero-order chi connectivity index (χ0) is 28.8. The molecule has 3 atom stereocenters. The number of aliphatic hydroxyl groups excluding tert-OH is 2. The Labute approximate surface area is 229 Å². The number of fused-ring (bicyclic) bond motifs is 3. The lowest BCUT2D eigenvalue weighted by Crippen LogP contribution is -2.43. The summed E-state index contributed by atoms with van der Waals surface area (Å²) in [6.45, 7) is 0.0740. The molecule has 2 amide bonds. The van der Waals surface area contributed by atoms with E-state index in [9.17, 15) is 29.4 Å². The summed E-state index contributed by atoms with van der Waals surface area (Å²) in [6.07, 6.45) is -5.18. The van der Waals surface area contributed by atoms with Gasteiger partial charge in [-0.3, -0.25) is 4.79 Å². The highest BCUT2D eigenvalue weighted by Crippen LogP contribution is 2.44. The predicted octanol–water partition coefficient (Wildman–Crippen LogP) is 2.05. The van der Waals surface area contributed by atoms with E-state index in [1.807, 2.05) is 48.5 Å². The fraction of sp³-hybridized carbons (Fsp3) is 0.241. The van der Waals surface area contributed by atoms with Crippen LogP contribution in [0.15, 0.2) is 72.8 Å². The molecule has 4 rings (SSSR count). The van der Waals surface area contributed by atoms with Gasteiger partial charge in [0.15, 0.2) is 12.2 Å². The van der Waals surface area contributed by atoms with Crippen LogP contribution in [0.1, 0.15) is 22.6 Å². The minimum absolute atomic E-state index is 0.0471. The zero-order valence-corrected chi connectivity index (χ0v) is 21.4. The number of carboxylic acid groups (broad SMARTS) is 1. The van der Waals surface area contributed by atoms with Crippen molar-refractivity contribution in [3.63, 3.8) is 0 Å². The number of aliphatic carboxylic acids is 1. The van der Waals surface area contributed by atoms with Crippen LogP contribution >= 0.6 is 0 Å². The molecular formula is C29H28N2O9. The summed E-state index contributed by atoms with van der Waals surface area (Å²) in [5, 5.41) is 32.5. The van der Waals surface area contributed by atoms with Crippen molar-refractivity contribution in [2.45, 2.75) is 30.6 Å². The number of hydrogen-bond donors (Lipinski definition) is 5. The summed E-state index contributed by atoms with van der Waals surface area (Å²) in [4.78, 5) is 47.8. The predicted molar refractivity (Wildman–Crippen MR) is 142 cm³/mol. The molecule has 0 spiro atoms. The molecule has 3 aromatic rings. The monoisotopic (exact) mass is 548 g/mol. The van der Waals surface area contributed by atoms with E-state index in [1.54, 1.807) is 12.1 Å². The standard InChI is InChI=1S/C29H28N2O9/c1-39-28(37)23(14-16-10-12-17(13-11-16)30-26(34)24(32)25(33)27(35)36)31-29(38)40-15-22-20-8-4-2-6-18(20)19-7-3-5-9-21(19)22/h2-13,22-25,32-33H,14-15H2,1H3,(H,30,34)(H,31,38)(H,35,36)/t23-,24-,25-/m1/s1. The van der Waals surface area contributed by atoms with Crippen molar-refractivity contribution in [2.24, 2.45) is 0 Å². The molecule has 0 unspecified atom stereocenters. The van der Waals surface area contributed by atoms with E-state index >= 15 is 0 Å². The number of rotatable bonds is 10. The van der Waals surface area contributed by atoms with Gasteiger partial charge in [-0.15, -0.1) is 0 Å². The topological polar surface area (TPSA) is 171 Å². The third-order valence-electron chi connectivity index (χ3n) is 6.60. The lowest BCUT2D eigenvalue weighted by molar-refractivity contribution is -0.156. The second-order valence-corrected chi connectivity index (χ2v) is 9.16. The van der Waals surface area contributed by atoms with Crippen molar-refractivity contribution in [1.29, 1.82) is 0 Å². The number of alkyl carbamates (subject to hydrolysis) is 1. The summed E-state index contributed by atoms with van der Waals surface area (Å²) in [5.41, 5.74) is 5.10. The SMILES string of the molecule is COC(=O)[C@@H](Cc1ccc(NC(=O)[C@H](O)[C@@H](O)C(=O)O)cc1)NC(=O)OCC1c2ccccc2-c2ccccc21. The number of nitrogens with one attached hydrogen (secondary N) is 2. The lowest BCUT2D eigenvalue weighted by atomic mass is 9.98. The van der Waals surface area contributed by atoms with Crippen LogP contribution in [-0.2, 0) is 30.3 Å². The molecule has 11 heteroatoms. The molecule has 0 saturated heterocycles.